The van der Waals surface area contributed by atoms with Crippen molar-refractivity contribution < 1.29 is 28.6 Å². The number of aliphatic carboxylic acids is 1. The second-order valence-electron chi connectivity index (χ2n) is 6.03. The molecule has 0 aliphatic carbocycles. The maximum atomic E-state index is 13.3. The molecule has 0 radical (unpaired) electrons. The molecule has 8 heteroatoms. The van der Waals surface area contributed by atoms with Gasteiger partial charge < -0.3 is 20.5 Å². The first-order valence-electron chi connectivity index (χ1n) is 8.65. The van der Waals surface area contributed by atoms with Crippen LogP contribution in [0.5, 0.6) is 5.75 Å². The lowest BCUT2D eigenvalue weighted by Gasteiger charge is -2.13. The maximum Gasteiger partial charge on any atom is 0.303 e. The summed E-state index contributed by atoms with van der Waals surface area (Å²) in [6, 6.07) is 10.0. The fourth-order valence-corrected chi connectivity index (χ4v) is 2.49. The summed E-state index contributed by atoms with van der Waals surface area (Å²) in [7, 11) is 1.44. The van der Waals surface area contributed by atoms with Crippen molar-refractivity contribution in [1.82, 2.24) is 0 Å². The van der Waals surface area contributed by atoms with Crippen LogP contribution in [0.4, 0.5) is 15.8 Å². The number of benzene rings is 2. The van der Waals surface area contributed by atoms with Crippen LogP contribution in [0.25, 0.3) is 0 Å². The third-order valence-corrected chi connectivity index (χ3v) is 3.86. The highest BCUT2D eigenvalue weighted by atomic mass is 19.1. The van der Waals surface area contributed by atoms with E-state index in [1.807, 2.05) is 0 Å². The van der Waals surface area contributed by atoms with E-state index in [9.17, 15) is 18.8 Å². The molecule has 0 spiro atoms. The summed E-state index contributed by atoms with van der Waals surface area (Å²) in [6.45, 7) is 0. The Morgan fingerprint density at radius 2 is 1.79 bits per heavy atom. The molecule has 148 valence electrons. The van der Waals surface area contributed by atoms with Crippen molar-refractivity contribution in [3.63, 3.8) is 0 Å². The normalized spacial score (nSPS) is 10.2. The first kappa shape index (κ1) is 20.9. The minimum absolute atomic E-state index is 0.0199. The van der Waals surface area contributed by atoms with E-state index in [0.717, 1.165) is 6.07 Å². The van der Waals surface area contributed by atoms with Crippen LogP contribution in [0.15, 0.2) is 42.5 Å². The molecule has 0 saturated heterocycles. The topological polar surface area (TPSA) is 105 Å². The number of carbonyl (C=O) groups excluding carboxylic acids is 2. The van der Waals surface area contributed by atoms with E-state index in [4.69, 9.17) is 9.84 Å². The van der Waals surface area contributed by atoms with Gasteiger partial charge in [-0.3, -0.25) is 14.4 Å². The van der Waals surface area contributed by atoms with Gasteiger partial charge in [-0.1, -0.05) is 6.07 Å². The average Bonchev–Trinajstić information content (AvgIpc) is 2.65. The van der Waals surface area contributed by atoms with Gasteiger partial charge in [0.2, 0.25) is 5.91 Å². The summed E-state index contributed by atoms with van der Waals surface area (Å²) in [5.41, 5.74) is 0.911. The number of halogens is 1. The molecule has 2 amide bonds. The molecule has 0 saturated carbocycles. The molecular weight excluding hydrogens is 367 g/mol. The summed E-state index contributed by atoms with van der Waals surface area (Å²) in [6.07, 6.45) is 1.08. The van der Waals surface area contributed by atoms with Crippen LogP contribution in [-0.2, 0) is 9.59 Å². The standard InChI is InChI=1S/C20H21FN2O5/c1-28-17-10-9-15(22-18(24)7-2-3-8-19(25)26)12-16(17)23-20(27)13-5-4-6-14(21)11-13/h4-6,9-12H,2-3,7-8H2,1H3,(H,22,24)(H,23,27)(H,25,26). The Hall–Kier alpha value is -3.42. The Labute approximate surface area is 161 Å². The lowest BCUT2D eigenvalue weighted by molar-refractivity contribution is -0.137. The van der Waals surface area contributed by atoms with Crippen LogP contribution >= 0.6 is 0 Å². The van der Waals surface area contributed by atoms with Gasteiger partial charge in [-0.05, 0) is 49.2 Å². The molecule has 2 rings (SSSR count). The third kappa shape index (κ3) is 6.39. The molecule has 2 aromatic carbocycles. The highest BCUT2D eigenvalue weighted by Crippen LogP contribution is 2.28. The van der Waals surface area contributed by atoms with Crippen LogP contribution in [0.2, 0.25) is 0 Å². The van der Waals surface area contributed by atoms with Crippen molar-refractivity contribution in [3.8, 4) is 5.75 Å². The molecule has 0 aromatic heterocycles. The van der Waals surface area contributed by atoms with E-state index in [-0.39, 0.29) is 24.3 Å². The maximum absolute atomic E-state index is 13.3. The van der Waals surface area contributed by atoms with Gasteiger partial charge in [-0.2, -0.15) is 0 Å². The fraction of sp³-hybridized carbons (Fsp3) is 0.250. The van der Waals surface area contributed by atoms with Crippen LogP contribution < -0.4 is 15.4 Å². The zero-order valence-electron chi connectivity index (χ0n) is 15.3. The smallest absolute Gasteiger partial charge is 0.303 e. The number of rotatable bonds is 9. The van der Waals surface area contributed by atoms with Crippen LogP contribution in [-0.4, -0.2) is 30.0 Å². The number of amides is 2. The quantitative estimate of drug-likeness (QED) is 0.569. The molecule has 0 atom stereocenters. The number of carboxylic acids is 1. The van der Waals surface area contributed by atoms with Crippen molar-refractivity contribution >= 4 is 29.2 Å². The Morgan fingerprint density at radius 1 is 1.04 bits per heavy atom. The predicted molar refractivity (Wildman–Crippen MR) is 102 cm³/mol. The SMILES string of the molecule is COc1ccc(NC(=O)CCCCC(=O)O)cc1NC(=O)c1cccc(F)c1. The van der Waals surface area contributed by atoms with E-state index in [2.05, 4.69) is 10.6 Å². The van der Waals surface area contributed by atoms with Gasteiger partial charge in [0.1, 0.15) is 11.6 Å². The van der Waals surface area contributed by atoms with Gasteiger partial charge in [0.25, 0.3) is 5.91 Å². The van der Waals surface area contributed by atoms with E-state index >= 15 is 0 Å². The molecule has 3 N–H and O–H groups in total. The van der Waals surface area contributed by atoms with E-state index in [1.54, 1.807) is 12.1 Å². The molecule has 0 aliphatic rings. The molecule has 7 nitrogen and oxygen atoms in total. The monoisotopic (exact) mass is 388 g/mol. The van der Waals surface area contributed by atoms with Gasteiger partial charge in [0.15, 0.2) is 0 Å². The van der Waals surface area contributed by atoms with Crippen molar-refractivity contribution in [2.75, 3.05) is 17.7 Å². The Bertz CT molecular complexity index is 869. The molecule has 28 heavy (non-hydrogen) atoms. The predicted octanol–water partition coefficient (Wildman–Crippen LogP) is 3.67. The van der Waals surface area contributed by atoms with Crippen molar-refractivity contribution in [2.45, 2.75) is 25.7 Å². The summed E-state index contributed by atoms with van der Waals surface area (Å²) in [4.78, 5) is 34.8. The second-order valence-corrected chi connectivity index (χ2v) is 6.03. The van der Waals surface area contributed by atoms with Gasteiger partial charge in [0, 0.05) is 24.1 Å². The first-order valence-corrected chi connectivity index (χ1v) is 8.65. The Morgan fingerprint density at radius 3 is 2.46 bits per heavy atom. The minimum atomic E-state index is -0.894. The van der Waals surface area contributed by atoms with E-state index in [1.165, 1.54) is 31.4 Å². The molecule has 0 bridgehead atoms. The van der Waals surface area contributed by atoms with Crippen molar-refractivity contribution in [2.24, 2.45) is 0 Å². The highest BCUT2D eigenvalue weighted by molar-refractivity contribution is 6.05. The average molecular weight is 388 g/mol. The molecule has 0 heterocycles. The summed E-state index contributed by atoms with van der Waals surface area (Å²) in [5.74, 6) is -1.82. The highest BCUT2D eigenvalue weighted by Gasteiger charge is 2.12. The number of methoxy groups -OCH3 is 1. The van der Waals surface area contributed by atoms with Gasteiger partial charge in [0.05, 0.1) is 12.8 Å². The summed E-state index contributed by atoms with van der Waals surface area (Å²) >= 11 is 0. The summed E-state index contributed by atoms with van der Waals surface area (Å²) in [5, 5.41) is 13.9. The first-order chi connectivity index (χ1) is 13.4. The number of unbranched alkanes of at least 4 members (excludes halogenated alkanes) is 1. The van der Waals surface area contributed by atoms with Crippen LogP contribution in [0.1, 0.15) is 36.0 Å². The lowest BCUT2D eigenvalue weighted by atomic mass is 10.1. The Kier molecular flexibility index (Phi) is 7.50. The Balaban J connectivity index is 2.03. The third-order valence-electron chi connectivity index (χ3n) is 3.86. The number of anilines is 2. The van der Waals surface area contributed by atoms with Gasteiger partial charge in [-0.25, -0.2) is 4.39 Å². The number of carbonyl (C=O) groups is 3. The molecule has 0 aliphatic heterocycles. The largest absolute Gasteiger partial charge is 0.495 e. The minimum Gasteiger partial charge on any atom is -0.495 e. The zero-order valence-corrected chi connectivity index (χ0v) is 15.3. The number of ether oxygens (including phenoxy) is 1. The zero-order chi connectivity index (χ0) is 20.5. The van der Waals surface area contributed by atoms with Crippen molar-refractivity contribution in [1.29, 1.82) is 0 Å². The molecule has 0 unspecified atom stereocenters. The number of hydrogen-bond donors (Lipinski definition) is 3. The van der Waals surface area contributed by atoms with E-state index < -0.39 is 17.7 Å². The molecule has 2 aromatic rings. The van der Waals surface area contributed by atoms with Gasteiger partial charge >= 0.3 is 5.97 Å². The number of nitrogens with one attached hydrogen (secondary N) is 2. The molecular formula is C20H21FN2O5. The number of carboxylic acid groups (broad SMARTS) is 1. The lowest BCUT2D eigenvalue weighted by Crippen LogP contribution is -2.14. The van der Waals surface area contributed by atoms with E-state index in [0.29, 0.717) is 30.0 Å². The number of hydrogen-bond acceptors (Lipinski definition) is 4. The van der Waals surface area contributed by atoms with Crippen molar-refractivity contribution in [3.05, 3.63) is 53.8 Å². The molecule has 0 fully saturated rings. The van der Waals surface area contributed by atoms with Crippen LogP contribution in [0.3, 0.4) is 0 Å². The second kappa shape index (κ2) is 10.1. The van der Waals surface area contributed by atoms with Crippen LogP contribution in [0, 0.1) is 5.82 Å². The summed E-state index contributed by atoms with van der Waals surface area (Å²) < 4.78 is 18.5. The fourth-order valence-electron chi connectivity index (χ4n) is 2.49. The van der Waals surface area contributed by atoms with Gasteiger partial charge in [-0.15, -0.1) is 0 Å².